The van der Waals surface area contributed by atoms with E-state index in [2.05, 4.69) is 17.6 Å². The van der Waals surface area contributed by atoms with Gasteiger partial charge >= 0.3 is 0 Å². The second-order valence-corrected chi connectivity index (χ2v) is 7.24. The van der Waals surface area contributed by atoms with Gasteiger partial charge in [-0.25, -0.2) is 0 Å². The lowest BCUT2D eigenvalue weighted by molar-refractivity contribution is -0.132. The molecule has 4 rings (SSSR count). The fourth-order valence-electron chi connectivity index (χ4n) is 3.89. The van der Waals surface area contributed by atoms with Gasteiger partial charge in [0.2, 0.25) is 11.8 Å². The molecule has 2 fully saturated rings. The summed E-state index contributed by atoms with van der Waals surface area (Å²) in [6.07, 6.45) is 1.44. The molecule has 2 saturated heterocycles. The smallest absolute Gasteiger partial charge is 0.239 e. The molecule has 0 aliphatic carbocycles. The standard InChI is InChI=1S/C19H25N3O4.ClH/c1-12-11-20-6-4-15(12)21-18(23)14-5-7-22(19(14)24)13-2-3-16-17(10-13)26-9-8-25-16;/h2-3,10,12,14-15,20H,4-9,11H2,1H3,(H,21,23);1H. The molecule has 0 radical (unpaired) electrons. The summed E-state index contributed by atoms with van der Waals surface area (Å²) in [5.74, 6) is 0.830. The second kappa shape index (κ2) is 8.35. The molecule has 3 unspecified atom stereocenters. The molecule has 2 amide bonds. The van der Waals surface area contributed by atoms with Crippen LogP contribution in [0.15, 0.2) is 18.2 Å². The molecule has 3 aliphatic rings. The molecular weight excluding hydrogens is 370 g/mol. The molecule has 0 bridgehead atoms. The molecule has 0 aromatic heterocycles. The van der Waals surface area contributed by atoms with E-state index in [0.717, 1.165) is 25.2 Å². The number of ether oxygens (including phenoxy) is 2. The summed E-state index contributed by atoms with van der Waals surface area (Å²) < 4.78 is 11.1. The summed E-state index contributed by atoms with van der Waals surface area (Å²) in [6.45, 7) is 5.49. The molecule has 3 heterocycles. The van der Waals surface area contributed by atoms with Crippen molar-refractivity contribution >= 4 is 29.9 Å². The highest BCUT2D eigenvalue weighted by molar-refractivity contribution is 6.09. The van der Waals surface area contributed by atoms with Crippen molar-refractivity contribution in [3.63, 3.8) is 0 Å². The Balaban J connectivity index is 0.00000210. The zero-order valence-electron chi connectivity index (χ0n) is 15.4. The molecular formula is C19H26ClN3O4. The molecule has 3 aliphatic heterocycles. The minimum atomic E-state index is -0.606. The Morgan fingerprint density at radius 3 is 2.78 bits per heavy atom. The maximum atomic E-state index is 12.8. The number of piperidine rings is 1. The lowest BCUT2D eigenvalue weighted by atomic mass is 9.94. The van der Waals surface area contributed by atoms with E-state index in [4.69, 9.17) is 9.47 Å². The zero-order chi connectivity index (χ0) is 18.1. The highest BCUT2D eigenvalue weighted by Crippen LogP contribution is 2.36. The van der Waals surface area contributed by atoms with Crippen molar-refractivity contribution in [3.05, 3.63) is 18.2 Å². The topological polar surface area (TPSA) is 79.9 Å². The number of anilines is 1. The number of carbonyl (C=O) groups excluding carboxylic acids is 2. The highest BCUT2D eigenvalue weighted by Gasteiger charge is 2.39. The minimum absolute atomic E-state index is 0. The van der Waals surface area contributed by atoms with E-state index < -0.39 is 5.92 Å². The van der Waals surface area contributed by atoms with Gasteiger partial charge in [-0.05, 0) is 44.0 Å². The van der Waals surface area contributed by atoms with Crippen LogP contribution in [0.1, 0.15) is 19.8 Å². The molecule has 0 saturated carbocycles. The third-order valence-corrected chi connectivity index (χ3v) is 5.47. The van der Waals surface area contributed by atoms with Gasteiger partial charge in [0, 0.05) is 24.3 Å². The number of benzene rings is 1. The predicted octanol–water partition coefficient (Wildman–Crippen LogP) is 1.35. The first-order valence-corrected chi connectivity index (χ1v) is 9.35. The predicted molar refractivity (Wildman–Crippen MR) is 104 cm³/mol. The first-order chi connectivity index (χ1) is 12.6. The minimum Gasteiger partial charge on any atom is -0.486 e. The number of hydrogen-bond acceptors (Lipinski definition) is 5. The van der Waals surface area contributed by atoms with Crippen molar-refractivity contribution in [1.82, 2.24) is 10.6 Å². The Kier molecular flexibility index (Phi) is 6.11. The zero-order valence-corrected chi connectivity index (χ0v) is 16.2. The van der Waals surface area contributed by atoms with Crippen molar-refractivity contribution in [3.8, 4) is 11.5 Å². The molecule has 3 atom stereocenters. The Morgan fingerprint density at radius 2 is 2.00 bits per heavy atom. The van der Waals surface area contributed by atoms with Gasteiger partial charge < -0.3 is 25.0 Å². The lowest BCUT2D eigenvalue weighted by Gasteiger charge is -2.30. The second-order valence-electron chi connectivity index (χ2n) is 7.24. The molecule has 0 spiro atoms. The number of halogens is 1. The van der Waals surface area contributed by atoms with Crippen LogP contribution < -0.4 is 25.0 Å². The number of nitrogens with zero attached hydrogens (tertiary/aromatic N) is 1. The molecule has 2 N–H and O–H groups in total. The van der Waals surface area contributed by atoms with Gasteiger partial charge in [-0.1, -0.05) is 6.92 Å². The van der Waals surface area contributed by atoms with E-state index in [1.54, 1.807) is 4.90 Å². The monoisotopic (exact) mass is 395 g/mol. The summed E-state index contributed by atoms with van der Waals surface area (Å²) >= 11 is 0. The number of fused-ring (bicyclic) bond motifs is 1. The number of carbonyl (C=O) groups is 2. The molecule has 7 nitrogen and oxygen atoms in total. The van der Waals surface area contributed by atoms with Crippen LogP contribution in [-0.4, -0.2) is 50.7 Å². The van der Waals surface area contributed by atoms with Gasteiger partial charge in [0.25, 0.3) is 0 Å². The van der Waals surface area contributed by atoms with Gasteiger partial charge in [0.1, 0.15) is 19.1 Å². The van der Waals surface area contributed by atoms with Crippen LogP contribution in [0, 0.1) is 11.8 Å². The molecule has 8 heteroatoms. The van der Waals surface area contributed by atoms with E-state index in [1.165, 1.54) is 0 Å². The van der Waals surface area contributed by atoms with E-state index in [-0.39, 0.29) is 30.3 Å². The molecule has 148 valence electrons. The lowest BCUT2D eigenvalue weighted by Crippen LogP contribution is -2.50. The third kappa shape index (κ3) is 3.99. The van der Waals surface area contributed by atoms with Gasteiger partial charge in [-0.3, -0.25) is 9.59 Å². The normalized spacial score (nSPS) is 27.1. The fourth-order valence-corrected chi connectivity index (χ4v) is 3.89. The van der Waals surface area contributed by atoms with Crippen LogP contribution >= 0.6 is 12.4 Å². The van der Waals surface area contributed by atoms with Gasteiger partial charge in [-0.15, -0.1) is 12.4 Å². The first kappa shape index (κ1) is 19.8. The van der Waals surface area contributed by atoms with Crippen molar-refractivity contribution in [1.29, 1.82) is 0 Å². The van der Waals surface area contributed by atoms with Gasteiger partial charge in [0.05, 0.1) is 0 Å². The summed E-state index contributed by atoms with van der Waals surface area (Å²) in [4.78, 5) is 27.1. The third-order valence-electron chi connectivity index (χ3n) is 5.47. The number of rotatable bonds is 3. The van der Waals surface area contributed by atoms with E-state index in [0.29, 0.717) is 43.6 Å². The molecule has 1 aromatic rings. The highest BCUT2D eigenvalue weighted by atomic mass is 35.5. The average Bonchev–Trinajstić information content (AvgIpc) is 3.05. The van der Waals surface area contributed by atoms with E-state index >= 15 is 0 Å². The Hall–Kier alpha value is -1.99. The first-order valence-electron chi connectivity index (χ1n) is 9.35. The SMILES string of the molecule is CC1CNCCC1NC(=O)C1CCN(c2ccc3c(c2)OCCO3)C1=O.Cl. The van der Waals surface area contributed by atoms with Crippen LogP contribution in [0.5, 0.6) is 11.5 Å². The molecule has 27 heavy (non-hydrogen) atoms. The van der Waals surface area contributed by atoms with Crippen LogP contribution in [0.4, 0.5) is 5.69 Å². The Morgan fingerprint density at radius 1 is 1.22 bits per heavy atom. The van der Waals surface area contributed by atoms with E-state index in [1.807, 2.05) is 18.2 Å². The van der Waals surface area contributed by atoms with Gasteiger partial charge in [-0.2, -0.15) is 0 Å². The summed E-state index contributed by atoms with van der Waals surface area (Å²) in [7, 11) is 0. The van der Waals surface area contributed by atoms with Gasteiger partial charge in [0.15, 0.2) is 11.5 Å². The van der Waals surface area contributed by atoms with Crippen molar-refractivity contribution in [2.24, 2.45) is 11.8 Å². The summed E-state index contributed by atoms with van der Waals surface area (Å²) in [6, 6.07) is 5.63. The maximum Gasteiger partial charge on any atom is 0.239 e. The van der Waals surface area contributed by atoms with Crippen LogP contribution in [0.2, 0.25) is 0 Å². The Labute approximate surface area is 165 Å². The van der Waals surface area contributed by atoms with Crippen LogP contribution in [-0.2, 0) is 9.59 Å². The quantitative estimate of drug-likeness (QED) is 0.755. The van der Waals surface area contributed by atoms with Crippen LogP contribution in [0.3, 0.4) is 0 Å². The van der Waals surface area contributed by atoms with Crippen molar-refractivity contribution in [2.45, 2.75) is 25.8 Å². The van der Waals surface area contributed by atoms with E-state index in [9.17, 15) is 9.59 Å². The largest absolute Gasteiger partial charge is 0.486 e. The fraction of sp³-hybridized carbons (Fsp3) is 0.579. The number of amides is 2. The summed E-state index contributed by atoms with van der Waals surface area (Å²) in [5, 5.41) is 6.41. The van der Waals surface area contributed by atoms with Crippen molar-refractivity contribution < 1.29 is 19.1 Å². The maximum absolute atomic E-state index is 12.8. The van der Waals surface area contributed by atoms with Crippen molar-refractivity contribution in [2.75, 3.05) is 37.7 Å². The Bertz CT molecular complexity index is 714. The van der Waals surface area contributed by atoms with Crippen LogP contribution in [0.25, 0.3) is 0 Å². The summed E-state index contributed by atoms with van der Waals surface area (Å²) in [5.41, 5.74) is 0.754. The average molecular weight is 396 g/mol. The number of nitrogens with one attached hydrogen (secondary N) is 2. The molecule has 1 aromatic carbocycles. The number of hydrogen-bond donors (Lipinski definition) is 2.